The molecule has 0 aliphatic carbocycles. The molecule has 5 heteroatoms. The van der Waals surface area contributed by atoms with Gasteiger partial charge in [0.05, 0.1) is 18.4 Å². The van der Waals surface area contributed by atoms with Gasteiger partial charge in [0.2, 0.25) is 0 Å². The first-order chi connectivity index (χ1) is 10.8. The van der Waals surface area contributed by atoms with E-state index in [-0.39, 0.29) is 11.4 Å². The van der Waals surface area contributed by atoms with Gasteiger partial charge in [-0.1, -0.05) is 20.8 Å². The van der Waals surface area contributed by atoms with Crippen molar-refractivity contribution in [3.63, 3.8) is 0 Å². The highest BCUT2D eigenvalue weighted by Gasteiger charge is 2.25. The molecule has 0 bridgehead atoms. The fourth-order valence-corrected chi connectivity index (χ4v) is 2.70. The van der Waals surface area contributed by atoms with Gasteiger partial charge in [-0.25, -0.2) is 4.98 Å². The molecule has 0 fully saturated rings. The normalized spacial score (nSPS) is 11.9. The maximum atomic E-state index is 12.2. The predicted molar refractivity (Wildman–Crippen MR) is 92.2 cm³/mol. The molecule has 0 amide bonds. The SMILES string of the molecule is COc1ccc(-c2nc(C=C(C#N)C(=O)C(C)(C)C)cs2)cc1. The summed E-state index contributed by atoms with van der Waals surface area (Å²) in [5.74, 6) is 0.604. The first-order valence-corrected chi connectivity index (χ1v) is 7.99. The summed E-state index contributed by atoms with van der Waals surface area (Å²) in [6, 6.07) is 9.58. The van der Waals surface area contributed by atoms with Gasteiger partial charge in [-0.3, -0.25) is 4.79 Å². The van der Waals surface area contributed by atoms with Crippen LogP contribution in [0.15, 0.2) is 35.2 Å². The molecule has 0 atom stereocenters. The van der Waals surface area contributed by atoms with Crippen LogP contribution in [0.1, 0.15) is 26.5 Å². The number of nitrogens with zero attached hydrogens (tertiary/aromatic N) is 2. The van der Waals surface area contributed by atoms with E-state index in [2.05, 4.69) is 4.98 Å². The van der Waals surface area contributed by atoms with E-state index >= 15 is 0 Å². The van der Waals surface area contributed by atoms with Gasteiger partial charge in [0.25, 0.3) is 0 Å². The van der Waals surface area contributed by atoms with E-state index in [1.807, 2.05) is 35.7 Å². The van der Waals surface area contributed by atoms with Gasteiger partial charge < -0.3 is 4.74 Å². The molecule has 0 aliphatic rings. The number of hydrogen-bond acceptors (Lipinski definition) is 5. The zero-order valence-corrected chi connectivity index (χ0v) is 14.4. The average Bonchev–Trinajstić information content (AvgIpc) is 2.99. The quantitative estimate of drug-likeness (QED) is 0.619. The van der Waals surface area contributed by atoms with E-state index < -0.39 is 5.41 Å². The second-order valence-corrected chi connectivity index (χ2v) is 6.91. The number of allylic oxidation sites excluding steroid dienone is 1. The van der Waals surface area contributed by atoms with Crippen LogP contribution in [0.5, 0.6) is 5.75 Å². The summed E-state index contributed by atoms with van der Waals surface area (Å²) in [6.07, 6.45) is 1.55. The number of carbonyl (C=O) groups is 1. The van der Waals surface area contributed by atoms with Gasteiger partial charge in [-0.15, -0.1) is 11.3 Å². The van der Waals surface area contributed by atoms with E-state index in [0.29, 0.717) is 5.69 Å². The number of aromatic nitrogens is 1. The molecule has 0 spiro atoms. The lowest BCUT2D eigenvalue weighted by Crippen LogP contribution is -2.21. The summed E-state index contributed by atoms with van der Waals surface area (Å²) in [5, 5.41) is 11.9. The lowest BCUT2D eigenvalue weighted by molar-refractivity contribution is -0.121. The monoisotopic (exact) mass is 326 g/mol. The molecule has 0 unspecified atom stereocenters. The lowest BCUT2D eigenvalue weighted by atomic mass is 9.86. The highest BCUT2D eigenvalue weighted by Crippen LogP contribution is 2.27. The van der Waals surface area contributed by atoms with Crippen LogP contribution in [0.2, 0.25) is 0 Å². The third-order valence-corrected chi connectivity index (χ3v) is 4.11. The Hall–Kier alpha value is -2.45. The Kier molecular flexibility index (Phi) is 4.97. The molecule has 0 N–H and O–H groups in total. The van der Waals surface area contributed by atoms with Crippen LogP contribution in [0.4, 0.5) is 0 Å². The highest BCUT2D eigenvalue weighted by atomic mass is 32.1. The molecule has 4 nitrogen and oxygen atoms in total. The minimum Gasteiger partial charge on any atom is -0.497 e. The molecular formula is C18H18N2O2S. The molecule has 2 aromatic rings. The van der Waals surface area contributed by atoms with Gasteiger partial charge in [-0.2, -0.15) is 5.26 Å². The van der Waals surface area contributed by atoms with Crippen molar-refractivity contribution < 1.29 is 9.53 Å². The molecule has 1 aromatic carbocycles. The van der Waals surface area contributed by atoms with E-state index in [4.69, 9.17) is 4.74 Å². The number of Topliss-reactive ketones (excluding diaryl/α,β-unsaturated/α-hetero) is 1. The molecule has 2 rings (SSSR count). The minimum absolute atomic E-state index is 0.129. The zero-order chi connectivity index (χ0) is 17.0. The Morgan fingerprint density at radius 1 is 1.30 bits per heavy atom. The summed E-state index contributed by atoms with van der Waals surface area (Å²) in [7, 11) is 1.62. The second kappa shape index (κ2) is 6.76. The van der Waals surface area contributed by atoms with E-state index in [1.165, 1.54) is 11.3 Å². The van der Waals surface area contributed by atoms with E-state index in [1.54, 1.807) is 34.0 Å². The lowest BCUT2D eigenvalue weighted by Gasteiger charge is -2.15. The van der Waals surface area contributed by atoms with Crippen molar-refractivity contribution in [3.8, 4) is 22.4 Å². The number of hydrogen-bond donors (Lipinski definition) is 0. The van der Waals surface area contributed by atoms with Crippen molar-refractivity contribution >= 4 is 23.2 Å². The van der Waals surface area contributed by atoms with Crippen molar-refractivity contribution in [3.05, 3.63) is 40.9 Å². The van der Waals surface area contributed by atoms with Crippen molar-refractivity contribution in [1.82, 2.24) is 4.98 Å². The molecule has 0 aliphatic heterocycles. The van der Waals surface area contributed by atoms with Crippen LogP contribution >= 0.6 is 11.3 Å². The average molecular weight is 326 g/mol. The number of benzene rings is 1. The molecular weight excluding hydrogens is 308 g/mol. The smallest absolute Gasteiger partial charge is 0.178 e. The van der Waals surface area contributed by atoms with Crippen LogP contribution in [0.25, 0.3) is 16.6 Å². The largest absolute Gasteiger partial charge is 0.497 e. The van der Waals surface area contributed by atoms with Gasteiger partial charge in [-0.05, 0) is 30.3 Å². The van der Waals surface area contributed by atoms with Gasteiger partial charge in [0, 0.05) is 16.4 Å². The summed E-state index contributed by atoms with van der Waals surface area (Å²) < 4.78 is 5.14. The first kappa shape index (κ1) is 16.9. The summed E-state index contributed by atoms with van der Waals surface area (Å²) >= 11 is 1.47. The molecule has 1 heterocycles. The third-order valence-electron chi connectivity index (χ3n) is 3.20. The molecule has 0 saturated heterocycles. The van der Waals surface area contributed by atoms with Crippen LogP contribution in [-0.2, 0) is 4.79 Å². The number of ether oxygens (including phenoxy) is 1. The van der Waals surface area contributed by atoms with Crippen molar-refractivity contribution in [2.24, 2.45) is 5.41 Å². The Morgan fingerprint density at radius 2 is 1.96 bits per heavy atom. The maximum Gasteiger partial charge on any atom is 0.178 e. The predicted octanol–water partition coefficient (Wildman–Crippen LogP) is 4.34. The molecule has 0 radical (unpaired) electrons. The number of rotatable bonds is 4. The van der Waals surface area contributed by atoms with Crippen LogP contribution in [0, 0.1) is 16.7 Å². The Morgan fingerprint density at radius 3 is 2.48 bits per heavy atom. The minimum atomic E-state index is -0.587. The third kappa shape index (κ3) is 4.05. The summed E-state index contributed by atoms with van der Waals surface area (Å²) in [4.78, 5) is 16.7. The summed E-state index contributed by atoms with van der Waals surface area (Å²) in [5.41, 5.74) is 1.13. The van der Waals surface area contributed by atoms with Crippen molar-refractivity contribution in [1.29, 1.82) is 5.26 Å². The Bertz CT molecular complexity index is 775. The van der Waals surface area contributed by atoms with Gasteiger partial charge >= 0.3 is 0 Å². The molecule has 23 heavy (non-hydrogen) atoms. The number of methoxy groups -OCH3 is 1. The van der Waals surface area contributed by atoms with E-state index in [9.17, 15) is 10.1 Å². The number of nitriles is 1. The van der Waals surface area contributed by atoms with Gasteiger partial charge in [0.1, 0.15) is 16.8 Å². The fraction of sp³-hybridized carbons (Fsp3) is 0.278. The topological polar surface area (TPSA) is 63.0 Å². The molecule has 118 valence electrons. The molecule has 1 aromatic heterocycles. The number of carbonyl (C=O) groups excluding carboxylic acids is 1. The zero-order valence-electron chi connectivity index (χ0n) is 13.6. The highest BCUT2D eigenvalue weighted by molar-refractivity contribution is 7.13. The Balaban J connectivity index is 2.29. The number of thiazole rings is 1. The summed E-state index contributed by atoms with van der Waals surface area (Å²) in [6.45, 7) is 5.39. The Labute approximate surface area is 140 Å². The number of ketones is 1. The van der Waals surface area contributed by atoms with Crippen LogP contribution in [-0.4, -0.2) is 17.9 Å². The van der Waals surface area contributed by atoms with Crippen LogP contribution in [0.3, 0.4) is 0 Å². The van der Waals surface area contributed by atoms with Gasteiger partial charge in [0.15, 0.2) is 5.78 Å². The maximum absolute atomic E-state index is 12.2. The standard InChI is InChI=1S/C18H18N2O2S/c1-18(2,3)16(21)13(10-19)9-14-11-23-17(20-14)12-5-7-15(22-4)8-6-12/h5-9,11H,1-4H3. The fourth-order valence-electron chi connectivity index (χ4n) is 1.92. The van der Waals surface area contributed by atoms with Crippen molar-refractivity contribution in [2.75, 3.05) is 7.11 Å². The van der Waals surface area contributed by atoms with E-state index in [0.717, 1.165) is 16.3 Å². The van der Waals surface area contributed by atoms with Crippen molar-refractivity contribution in [2.45, 2.75) is 20.8 Å². The first-order valence-electron chi connectivity index (χ1n) is 7.11. The molecule has 0 saturated carbocycles. The second-order valence-electron chi connectivity index (χ2n) is 6.05. The van der Waals surface area contributed by atoms with Crippen LogP contribution < -0.4 is 4.74 Å².